The van der Waals surface area contributed by atoms with Crippen molar-refractivity contribution in [2.24, 2.45) is 0 Å². The van der Waals surface area contributed by atoms with Crippen molar-refractivity contribution in [3.05, 3.63) is 275 Å². The monoisotopic (exact) mass is 1540 g/mol. The first kappa shape index (κ1) is 74.3. The number of aromatic nitrogens is 4. The van der Waals surface area contributed by atoms with Crippen LogP contribution in [0.3, 0.4) is 0 Å². The molecule has 0 fully saturated rings. The third-order valence-electron chi connectivity index (χ3n) is 27.5. The van der Waals surface area contributed by atoms with E-state index in [-0.39, 0.29) is 56.7 Å². The van der Waals surface area contributed by atoms with Gasteiger partial charge in [-0.2, -0.15) is 0 Å². The molecule has 4 aliphatic heterocycles. The fraction of sp³-hybridized carbons (Fsp3) is 0.291. The zero-order valence-corrected chi connectivity index (χ0v) is 73.8. The molecule has 17 aromatic rings. The van der Waals surface area contributed by atoms with Gasteiger partial charge in [-0.3, -0.25) is 0 Å². The predicted molar refractivity (Wildman–Crippen MR) is 512 cm³/mol. The van der Waals surface area contributed by atoms with Crippen molar-refractivity contribution in [2.45, 2.75) is 209 Å². The minimum absolute atomic E-state index is 0.0647. The molecule has 0 aliphatic carbocycles. The third-order valence-corrected chi connectivity index (χ3v) is 27.5. The molecule has 118 heavy (non-hydrogen) atoms. The van der Waals surface area contributed by atoms with Crippen LogP contribution >= 0.6 is 0 Å². The zero-order chi connectivity index (χ0) is 82.6. The van der Waals surface area contributed by atoms with Crippen LogP contribution in [0.15, 0.2) is 231 Å². The molecule has 4 aromatic heterocycles. The lowest BCUT2D eigenvalue weighted by atomic mass is 9.30. The topological polar surface area (TPSA) is 26.2 Å². The molecule has 4 aliphatic rings. The van der Waals surface area contributed by atoms with E-state index in [9.17, 15) is 0 Å². The number of hydrogen-bond acceptors (Lipinski definition) is 2. The van der Waals surface area contributed by atoms with Crippen molar-refractivity contribution in [2.75, 3.05) is 9.80 Å². The highest BCUT2D eigenvalue weighted by atomic mass is 15.2. The van der Waals surface area contributed by atoms with E-state index in [4.69, 9.17) is 0 Å². The number of para-hydroxylation sites is 2. The number of nitrogens with zero attached hydrogens (tertiary/aromatic N) is 6. The average molecular weight is 1540 g/mol. The Balaban J connectivity index is 0.939. The maximum Gasteiger partial charge on any atom is 0.252 e. The van der Waals surface area contributed by atoms with E-state index in [1.807, 2.05) is 0 Å². The first-order valence-electron chi connectivity index (χ1n) is 43.3. The Morgan fingerprint density at radius 3 is 0.703 bits per heavy atom. The Morgan fingerprint density at radius 1 is 0.186 bits per heavy atom. The fourth-order valence-corrected chi connectivity index (χ4v) is 20.8. The summed E-state index contributed by atoms with van der Waals surface area (Å²) in [7, 11) is 0. The van der Waals surface area contributed by atoms with E-state index in [0.717, 1.165) is 22.7 Å². The molecule has 0 spiro atoms. The fourth-order valence-electron chi connectivity index (χ4n) is 20.8. The number of fused-ring (bicyclic) bond motifs is 20. The first-order chi connectivity index (χ1) is 55.6. The van der Waals surface area contributed by atoms with Gasteiger partial charge in [0.1, 0.15) is 0 Å². The lowest BCUT2D eigenvalue weighted by molar-refractivity contribution is 0.590. The molecule has 13 aromatic carbocycles. The zero-order valence-electron chi connectivity index (χ0n) is 73.8. The normalized spacial score (nSPS) is 14.4. The van der Waals surface area contributed by atoms with Crippen LogP contribution in [0, 0.1) is 0 Å². The van der Waals surface area contributed by atoms with Crippen molar-refractivity contribution in [3.8, 4) is 22.7 Å². The van der Waals surface area contributed by atoms with Crippen LogP contribution in [0.1, 0.15) is 211 Å². The van der Waals surface area contributed by atoms with Gasteiger partial charge in [0, 0.05) is 99.6 Å². The Hall–Kier alpha value is -11.2. The van der Waals surface area contributed by atoms with Crippen molar-refractivity contribution in [3.63, 3.8) is 0 Å². The lowest BCUT2D eigenvalue weighted by Gasteiger charge is -2.45. The van der Waals surface area contributed by atoms with Gasteiger partial charge in [-0.15, -0.1) is 0 Å². The second-order valence-corrected chi connectivity index (χ2v) is 43.6. The van der Waals surface area contributed by atoms with E-state index in [0.29, 0.717) is 0 Å². The summed E-state index contributed by atoms with van der Waals surface area (Å²) in [4.78, 5) is 5.38. The van der Waals surface area contributed by atoms with Gasteiger partial charge in [0.05, 0.1) is 44.5 Å². The van der Waals surface area contributed by atoms with Crippen LogP contribution in [0.25, 0.3) is 110 Å². The van der Waals surface area contributed by atoms with Crippen LogP contribution in [0.2, 0.25) is 0 Å². The van der Waals surface area contributed by atoms with Crippen molar-refractivity contribution in [1.29, 1.82) is 0 Å². The largest absolute Gasteiger partial charge is 0.311 e. The molecule has 21 rings (SSSR count). The van der Waals surface area contributed by atoms with E-state index < -0.39 is 0 Å². The van der Waals surface area contributed by atoms with Crippen LogP contribution < -0.4 is 42.6 Å². The third kappa shape index (κ3) is 10.8. The summed E-state index contributed by atoms with van der Waals surface area (Å²) < 4.78 is 10.7. The van der Waals surface area contributed by atoms with Crippen LogP contribution in [0.4, 0.5) is 34.1 Å². The Morgan fingerprint density at radius 2 is 0.432 bits per heavy atom. The minimum atomic E-state index is -0.210. The molecule has 8 heterocycles. The summed E-state index contributed by atoms with van der Waals surface area (Å²) in [5.41, 5.74) is 39.2. The van der Waals surface area contributed by atoms with E-state index >= 15 is 0 Å². The molecule has 0 amide bonds. The van der Waals surface area contributed by atoms with Crippen LogP contribution in [-0.2, 0) is 43.3 Å². The van der Waals surface area contributed by atoms with Crippen molar-refractivity contribution in [1.82, 2.24) is 18.3 Å². The number of anilines is 6. The molecular weight excluding hydrogens is 1430 g/mol. The van der Waals surface area contributed by atoms with Crippen molar-refractivity contribution >= 4 is 168 Å². The van der Waals surface area contributed by atoms with Crippen molar-refractivity contribution < 1.29 is 0 Å². The van der Waals surface area contributed by atoms with Crippen LogP contribution in [0.5, 0.6) is 0 Å². The molecule has 0 saturated heterocycles. The van der Waals surface area contributed by atoms with E-state index in [1.54, 1.807) is 0 Å². The SMILES string of the molecule is CC(C)(C)c1ccc2c(c1)c1cc(C(C)(C)C)ccc1n2-c1cc2c3c(c1)-n1c4ccc(C(C)(C)C)cc4c4cc(C(C)(C)C)cc(c41)B3c1cc3c(cc1N2c1ccccc1)N(c1ccccc1)c1cc(-n2c4ccc(C(C)(C)C)cc4c4cc(C(C)(C)C)ccc42)cc2c1B3c1cc(C(C)(C)C)cc3c4cc(C(C)(C)C)ccc4n-2c13. The first-order valence-corrected chi connectivity index (χ1v) is 43.3. The molecule has 6 nitrogen and oxygen atoms in total. The van der Waals surface area contributed by atoms with Crippen LogP contribution in [-0.4, -0.2) is 31.7 Å². The van der Waals surface area contributed by atoms with Gasteiger partial charge >= 0.3 is 0 Å². The lowest BCUT2D eigenvalue weighted by Crippen LogP contribution is -2.64. The van der Waals surface area contributed by atoms with Gasteiger partial charge < -0.3 is 28.1 Å². The highest BCUT2D eigenvalue weighted by Crippen LogP contribution is 2.52. The summed E-state index contributed by atoms with van der Waals surface area (Å²) in [5, 5.41) is 10.3. The number of hydrogen-bond donors (Lipinski definition) is 0. The molecule has 586 valence electrons. The molecule has 0 unspecified atom stereocenters. The summed E-state index contributed by atoms with van der Waals surface area (Å²) >= 11 is 0. The average Bonchev–Trinajstić information content (AvgIpc) is 1.34. The molecule has 0 atom stereocenters. The molecular formula is C110H110B2N6. The second-order valence-electron chi connectivity index (χ2n) is 43.6. The van der Waals surface area contributed by atoms with Gasteiger partial charge in [-0.1, -0.05) is 257 Å². The molecule has 0 N–H and O–H groups in total. The van der Waals surface area contributed by atoms with Gasteiger partial charge in [0.15, 0.2) is 0 Å². The highest BCUT2D eigenvalue weighted by molar-refractivity contribution is 7.03. The van der Waals surface area contributed by atoms with Gasteiger partial charge in [-0.05, 0) is 260 Å². The number of rotatable bonds is 4. The standard InChI is InChI=1S/C110H110B2N6/c1-103(2,3)63-35-41-87-75(47-63)76-48-64(104(4,5)6)36-42-88(76)115(87)73-57-95-99-97(59-73)117-91-45-39-67(107(13,14)15)51-79(91)81-53-69(109(19,20)21)55-85(101(81)117)111(99)83-61-84-94(62-93(83)113(95)71-31-27-25-28-32-71)114(72-33-29-26-30-34-72)96-58-74(116-89-43-37-65(105(7,8)9)49-77(89)78-50-66(106(10,11)12)38-44-90(78)116)60-98-100(96)112(84)86-56-70(110(22,23)24)54-82-80-52-68(108(16,17)18)40-46-92(80)118(98)102(82)86/h25-62H,1-24H3. The van der Waals surface area contributed by atoms with E-state index in [2.05, 4.69) is 425 Å². The van der Waals surface area contributed by atoms with Gasteiger partial charge in [0.25, 0.3) is 13.4 Å². The number of benzene rings is 13. The second kappa shape index (κ2) is 24.3. The quantitative estimate of drug-likeness (QED) is 0.164. The molecule has 0 bridgehead atoms. The van der Waals surface area contributed by atoms with Gasteiger partial charge in [0.2, 0.25) is 0 Å². The predicted octanol–water partition coefficient (Wildman–Crippen LogP) is 25.7. The Kier molecular flexibility index (Phi) is 15.3. The minimum Gasteiger partial charge on any atom is -0.311 e. The highest BCUT2D eigenvalue weighted by Gasteiger charge is 2.49. The molecule has 8 heteroatoms. The maximum absolute atomic E-state index is 2.77. The van der Waals surface area contributed by atoms with Gasteiger partial charge in [-0.25, -0.2) is 0 Å². The van der Waals surface area contributed by atoms with E-state index in [1.165, 1.54) is 199 Å². The summed E-state index contributed by atoms with van der Waals surface area (Å²) in [6.07, 6.45) is 0. The molecule has 0 saturated carbocycles. The summed E-state index contributed by atoms with van der Waals surface area (Å²) in [6.45, 7) is 56.5. The molecule has 0 radical (unpaired) electrons. The maximum atomic E-state index is 2.77. The summed E-state index contributed by atoms with van der Waals surface area (Å²) in [6, 6.07) is 93.3. The Bertz CT molecular complexity index is 6680. The summed E-state index contributed by atoms with van der Waals surface area (Å²) in [5.74, 6) is 0. The smallest absolute Gasteiger partial charge is 0.252 e. The Labute approximate surface area is 698 Å².